The van der Waals surface area contributed by atoms with E-state index < -0.39 is 21.5 Å². The van der Waals surface area contributed by atoms with Crippen LogP contribution in [0.15, 0.2) is 76.7 Å². The molecule has 0 aliphatic heterocycles. The molecule has 0 atom stereocenters. The molecule has 0 radical (unpaired) electrons. The summed E-state index contributed by atoms with van der Waals surface area (Å²) in [6.07, 6.45) is 0. The summed E-state index contributed by atoms with van der Waals surface area (Å²) in [5.74, 6) is -1.12. The van der Waals surface area contributed by atoms with E-state index in [0.717, 1.165) is 0 Å². The summed E-state index contributed by atoms with van der Waals surface area (Å²) in [4.78, 5) is 3.90. The molecule has 0 saturated carbocycles. The van der Waals surface area contributed by atoms with Crippen LogP contribution in [0.25, 0.3) is 22.0 Å². The summed E-state index contributed by atoms with van der Waals surface area (Å²) in [5, 5.41) is 0.316. The summed E-state index contributed by atoms with van der Waals surface area (Å²) < 4.78 is 54.2. The molecule has 0 spiro atoms. The van der Waals surface area contributed by atoms with E-state index >= 15 is 0 Å². The van der Waals surface area contributed by atoms with Gasteiger partial charge in [0, 0.05) is 15.4 Å². The van der Waals surface area contributed by atoms with Gasteiger partial charge in [0.05, 0.1) is 4.90 Å². The van der Waals surface area contributed by atoms with E-state index in [-0.39, 0.29) is 25.5 Å². The first-order valence-electron chi connectivity index (χ1n) is 8.32. The largest absolute Gasteiger partial charge is 0.233 e. The number of halogens is 4. The summed E-state index contributed by atoms with van der Waals surface area (Å²) in [5.41, 5.74) is 0.812. The fraction of sp³-hybridized carbons (Fsp3) is 0. The zero-order valence-corrected chi connectivity index (χ0v) is 16.9. The minimum absolute atomic E-state index is 0.110. The molecule has 29 heavy (non-hydrogen) atoms. The van der Waals surface area contributed by atoms with E-state index in [2.05, 4.69) is 4.98 Å². The Morgan fingerprint density at radius 2 is 1.48 bits per heavy atom. The van der Waals surface area contributed by atoms with Crippen molar-refractivity contribution in [1.82, 2.24) is 4.98 Å². The maximum absolute atomic E-state index is 14.5. The zero-order valence-electron chi connectivity index (χ0n) is 14.5. The maximum Gasteiger partial charge on any atom is 0.223 e. The van der Waals surface area contributed by atoms with Crippen LogP contribution in [-0.2, 0) is 9.84 Å². The number of aromatic nitrogens is 1. The molecule has 1 aromatic heterocycles. The second-order valence-corrected chi connectivity index (χ2v) is 9.03. The van der Waals surface area contributed by atoms with Crippen LogP contribution in [0.5, 0.6) is 0 Å². The van der Waals surface area contributed by atoms with Crippen LogP contribution in [0.4, 0.5) is 8.78 Å². The van der Waals surface area contributed by atoms with Crippen molar-refractivity contribution in [3.63, 3.8) is 0 Å². The topological polar surface area (TPSA) is 47.0 Å². The van der Waals surface area contributed by atoms with Crippen molar-refractivity contribution in [2.75, 3.05) is 0 Å². The van der Waals surface area contributed by atoms with Gasteiger partial charge in [-0.05, 0) is 53.6 Å². The second-order valence-electron chi connectivity index (χ2n) is 6.26. The monoisotopic (exact) mass is 449 g/mol. The van der Waals surface area contributed by atoms with Crippen molar-refractivity contribution < 1.29 is 17.2 Å². The zero-order chi connectivity index (χ0) is 20.8. The summed E-state index contributed by atoms with van der Waals surface area (Å²) in [6.45, 7) is 0. The Hall–Kier alpha value is -2.54. The second kappa shape index (κ2) is 7.37. The van der Waals surface area contributed by atoms with Gasteiger partial charge in [-0.15, -0.1) is 0 Å². The van der Waals surface area contributed by atoms with Crippen LogP contribution in [0, 0.1) is 11.6 Å². The molecular weight excluding hydrogens is 439 g/mol. The van der Waals surface area contributed by atoms with Crippen LogP contribution in [-0.4, -0.2) is 13.4 Å². The van der Waals surface area contributed by atoms with Gasteiger partial charge in [0.15, 0.2) is 5.03 Å². The Balaban J connectivity index is 2.03. The van der Waals surface area contributed by atoms with Crippen molar-refractivity contribution in [1.29, 1.82) is 0 Å². The molecule has 1 heterocycles. The molecule has 146 valence electrons. The SMILES string of the molecule is O=S(=O)(c1cc(Cl)cc(Cl)c1)c1cc(-c2ccc(F)cc2)c2cccc(F)c2n1. The first-order chi connectivity index (χ1) is 13.8. The van der Waals surface area contributed by atoms with Crippen molar-refractivity contribution in [2.24, 2.45) is 0 Å². The van der Waals surface area contributed by atoms with Crippen LogP contribution < -0.4 is 0 Å². The van der Waals surface area contributed by atoms with Crippen molar-refractivity contribution in [3.8, 4) is 11.1 Å². The van der Waals surface area contributed by atoms with Crippen LogP contribution in [0.1, 0.15) is 0 Å². The van der Waals surface area contributed by atoms with Gasteiger partial charge in [-0.1, -0.05) is 47.5 Å². The fourth-order valence-corrected chi connectivity index (χ4v) is 4.95. The van der Waals surface area contributed by atoms with E-state index in [4.69, 9.17) is 23.2 Å². The van der Waals surface area contributed by atoms with Crippen LogP contribution in [0.3, 0.4) is 0 Å². The number of nitrogens with zero attached hydrogens (tertiary/aromatic N) is 1. The number of para-hydroxylation sites is 1. The highest BCUT2D eigenvalue weighted by Crippen LogP contribution is 2.34. The van der Waals surface area contributed by atoms with Gasteiger partial charge in [-0.25, -0.2) is 22.2 Å². The maximum atomic E-state index is 14.5. The lowest BCUT2D eigenvalue weighted by atomic mass is 10.0. The fourth-order valence-electron chi connectivity index (χ4n) is 3.00. The Labute approximate surface area is 175 Å². The molecule has 4 rings (SSSR count). The minimum atomic E-state index is -4.15. The molecule has 0 saturated heterocycles. The predicted molar refractivity (Wildman–Crippen MR) is 109 cm³/mol. The van der Waals surface area contributed by atoms with Gasteiger partial charge >= 0.3 is 0 Å². The molecule has 3 aromatic carbocycles. The molecular formula is C21H11Cl2F2NO2S. The summed E-state index contributed by atoms with van der Waals surface area (Å²) in [6, 6.07) is 15.0. The van der Waals surface area contributed by atoms with Gasteiger partial charge in [0.1, 0.15) is 17.2 Å². The Bertz CT molecular complexity index is 1340. The molecule has 8 heteroatoms. The minimum Gasteiger partial charge on any atom is -0.233 e. The van der Waals surface area contributed by atoms with Crippen molar-refractivity contribution in [3.05, 3.63) is 88.4 Å². The average molecular weight is 450 g/mol. The lowest BCUT2D eigenvalue weighted by Gasteiger charge is -2.12. The highest BCUT2D eigenvalue weighted by molar-refractivity contribution is 7.91. The molecule has 3 nitrogen and oxygen atoms in total. The summed E-state index contributed by atoms with van der Waals surface area (Å²) in [7, 11) is -4.15. The summed E-state index contributed by atoms with van der Waals surface area (Å²) >= 11 is 11.9. The third-order valence-electron chi connectivity index (χ3n) is 4.34. The number of benzene rings is 3. The van der Waals surface area contributed by atoms with Gasteiger partial charge in [-0.2, -0.15) is 0 Å². The highest BCUT2D eigenvalue weighted by atomic mass is 35.5. The van der Waals surface area contributed by atoms with Crippen LogP contribution in [0.2, 0.25) is 10.0 Å². The number of sulfone groups is 1. The molecule has 0 unspecified atom stereocenters. The molecule has 4 aromatic rings. The van der Waals surface area contributed by atoms with E-state index in [1.165, 1.54) is 60.7 Å². The quantitative estimate of drug-likeness (QED) is 0.367. The third-order valence-corrected chi connectivity index (χ3v) is 6.40. The predicted octanol–water partition coefficient (Wildman–Crippen LogP) is 6.32. The van der Waals surface area contributed by atoms with Crippen LogP contribution >= 0.6 is 23.2 Å². The standard InChI is InChI=1S/C21H11Cl2F2NO2S/c22-13-8-14(23)10-16(9-13)29(27,28)20-11-18(12-4-6-15(24)7-5-12)17-2-1-3-19(25)21(17)26-20/h1-11H. The molecule has 0 amide bonds. The molecule has 0 fully saturated rings. The highest BCUT2D eigenvalue weighted by Gasteiger charge is 2.23. The molecule has 0 bridgehead atoms. The first-order valence-corrected chi connectivity index (χ1v) is 10.6. The van der Waals surface area contributed by atoms with E-state index in [9.17, 15) is 17.2 Å². The van der Waals surface area contributed by atoms with E-state index in [1.807, 2.05) is 0 Å². The molecule has 0 aliphatic carbocycles. The normalized spacial score (nSPS) is 11.7. The number of pyridine rings is 1. The number of rotatable bonds is 3. The Morgan fingerprint density at radius 3 is 2.14 bits per heavy atom. The van der Waals surface area contributed by atoms with Crippen molar-refractivity contribution in [2.45, 2.75) is 9.92 Å². The Morgan fingerprint density at radius 1 is 0.828 bits per heavy atom. The van der Waals surface area contributed by atoms with Crippen molar-refractivity contribution >= 4 is 43.9 Å². The third kappa shape index (κ3) is 3.71. The molecule has 0 aliphatic rings. The van der Waals surface area contributed by atoms with Gasteiger partial charge in [0.25, 0.3) is 0 Å². The van der Waals surface area contributed by atoms with Gasteiger partial charge < -0.3 is 0 Å². The smallest absolute Gasteiger partial charge is 0.223 e. The average Bonchev–Trinajstić information content (AvgIpc) is 2.67. The van der Waals surface area contributed by atoms with E-state index in [0.29, 0.717) is 16.5 Å². The van der Waals surface area contributed by atoms with E-state index in [1.54, 1.807) is 6.07 Å². The van der Waals surface area contributed by atoms with Gasteiger partial charge in [-0.3, -0.25) is 0 Å². The Kier molecular flexibility index (Phi) is 5.02. The number of hydrogen-bond donors (Lipinski definition) is 0. The molecule has 0 N–H and O–H groups in total. The number of fused-ring (bicyclic) bond motifs is 1. The lowest BCUT2D eigenvalue weighted by Crippen LogP contribution is -2.06. The van der Waals surface area contributed by atoms with Gasteiger partial charge in [0.2, 0.25) is 9.84 Å². The lowest BCUT2D eigenvalue weighted by molar-refractivity contribution is 0.592. The number of hydrogen-bond acceptors (Lipinski definition) is 3. The first kappa shape index (κ1) is 19.8.